The van der Waals surface area contributed by atoms with Crippen LogP contribution in [0.5, 0.6) is 11.5 Å². The number of amides is 1. The Morgan fingerprint density at radius 3 is 2.62 bits per heavy atom. The van der Waals surface area contributed by atoms with Crippen LogP contribution in [0.3, 0.4) is 0 Å². The maximum Gasteiger partial charge on any atom is 0.234 e. The number of thiophene rings is 1. The van der Waals surface area contributed by atoms with Crippen molar-refractivity contribution in [2.75, 3.05) is 27.8 Å². The second kappa shape index (κ2) is 8.70. The molecule has 0 aliphatic heterocycles. The van der Waals surface area contributed by atoms with E-state index in [-0.39, 0.29) is 11.9 Å². The van der Waals surface area contributed by atoms with Gasteiger partial charge in [0.15, 0.2) is 11.5 Å². The number of rotatable bonds is 8. The molecule has 2 aromatic rings. The highest BCUT2D eigenvalue weighted by atomic mass is 32.1. The van der Waals surface area contributed by atoms with Gasteiger partial charge in [0.1, 0.15) is 0 Å². The smallest absolute Gasteiger partial charge is 0.234 e. The van der Waals surface area contributed by atoms with Crippen LogP contribution in [0.2, 0.25) is 0 Å². The summed E-state index contributed by atoms with van der Waals surface area (Å²) in [4.78, 5) is 15.5. The molecule has 1 aromatic carbocycles. The van der Waals surface area contributed by atoms with Crippen molar-refractivity contribution in [3.63, 3.8) is 0 Å². The molecule has 0 fully saturated rings. The fourth-order valence-electron chi connectivity index (χ4n) is 2.46. The molecule has 1 heterocycles. The van der Waals surface area contributed by atoms with Crippen LogP contribution in [0.1, 0.15) is 23.4 Å². The Bertz CT molecular complexity index is 658. The molecule has 5 nitrogen and oxygen atoms in total. The Balaban J connectivity index is 1.91. The number of carbonyl (C=O) groups excluding carboxylic acids is 1. The monoisotopic (exact) mass is 348 g/mol. The molecule has 0 saturated carbocycles. The molecule has 1 unspecified atom stereocenters. The fourth-order valence-corrected chi connectivity index (χ4v) is 3.25. The third-order valence-corrected chi connectivity index (χ3v) is 4.57. The first-order valence-corrected chi connectivity index (χ1v) is 8.63. The number of benzene rings is 1. The van der Waals surface area contributed by atoms with Crippen molar-refractivity contribution in [3.05, 3.63) is 46.2 Å². The SMILES string of the molecule is COc1ccc(C(C)NC(=O)CN(C)Cc2cccs2)cc1OC. The summed E-state index contributed by atoms with van der Waals surface area (Å²) < 4.78 is 10.5. The minimum atomic E-state index is -0.104. The maximum atomic E-state index is 12.2. The second-order valence-corrected chi connectivity index (χ2v) is 6.69. The molecule has 0 saturated heterocycles. The van der Waals surface area contributed by atoms with Gasteiger partial charge in [0, 0.05) is 11.4 Å². The van der Waals surface area contributed by atoms with Crippen LogP contribution in [-0.4, -0.2) is 38.6 Å². The van der Waals surface area contributed by atoms with Gasteiger partial charge in [-0.25, -0.2) is 0 Å². The Morgan fingerprint density at radius 1 is 1.25 bits per heavy atom. The van der Waals surface area contributed by atoms with E-state index in [1.165, 1.54) is 4.88 Å². The number of carbonyl (C=O) groups is 1. The van der Waals surface area contributed by atoms with Crippen molar-refractivity contribution in [1.29, 1.82) is 0 Å². The normalized spacial score (nSPS) is 12.0. The second-order valence-electron chi connectivity index (χ2n) is 5.66. The predicted octanol–water partition coefficient (Wildman–Crippen LogP) is 3.07. The standard InChI is InChI=1S/C18H24N2O3S/c1-13(14-7-8-16(22-3)17(10-14)23-4)19-18(21)12-20(2)11-15-6-5-9-24-15/h5-10,13H,11-12H2,1-4H3,(H,19,21). The quantitative estimate of drug-likeness (QED) is 0.796. The van der Waals surface area contributed by atoms with Crippen molar-refractivity contribution >= 4 is 17.2 Å². The van der Waals surface area contributed by atoms with Crippen molar-refractivity contribution < 1.29 is 14.3 Å². The minimum Gasteiger partial charge on any atom is -0.493 e. The van der Waals surface area contributed by atoms with Gasteiger partial charge in [0.2, 0.25) is 5.91 Å². The van der Waals surface area contributed by atoms with Gasteiger partial charge in [0.05, 0.1) is 26.8 Å². The molecule has 0 bridgehead atoms. The first-order valence-electron chi connectivity index (χ1n) is 7.75. The van der Waals surface area contributed by atoms with Crippen LogP contribution in [0, 0.1) is 0 Å². The Morgan fingerprint density at radius 2 is 2.00 bits per heavy atom. The average Bonchev–Trinajstić information content (AvgIpc) is 3.06. The number of methoxy groups -OCH3 is 2. The molecule has 6 heteroatoms. The number of nitrogens with zero attached hydrogens (tertiary/aromatic N) is 1. The Kier molecular flexibility index (Phi) is 6.63. The van der Waals surface area contributed by atoms with Gasteiger partial charge in [-0.15, -0.1) is 11.3 Å². The minimum absolute atomic E-state index is 0.00339. The summed E-state index contributed by atoms with van der Waals surface area (Å²) in [5.41, 5.74) is 0.974. The molecule has 1 amide bonds. The van der Waals surface area contributed by atoms with Crippen molar-refractivity contribution in [3.8, 4) is 11.5 Å². The van der Waals surface area contributed by atoms with E-state index < -0.39 is 0 Å². The fraction of sp³-hybridized carbons (Fsp3) is 0.389. The van der Waals surface area contributed by atoms with E-state index in [0.717, 1.165) is 12.1 Å². The highest BCUT2D eigenvalue weighted by Gasteiger charge is 2.14. The van der Waals surface area contributed by atoms with Gasteiger partial charge in [-0.2, -0.15) is 0 Å². The summed E-state index contributed by atoms with van der Waals surface area (Å²) in [6, 6.07) is 9.66. The zero-order valence-electron chi connectivity index (χ0n) is 14.5. The lowest BCUT2D eigenvalue weighted by atomic mass is 10.1. The third-order valence-electron chi connectivity index (χ3n) is 3.70. The van der Waals surface area contributed by atoms with Crippen LogP contribution in [-0.2, 0) is 11.3 Å². The number of likely N-dealkylation sites (N-methyl/N-ethyl adjacent to an activating group) is 1. The lowest BCUT2D eigenvalue weighted by Gasteiger charge is -2.19. The van der Waals surface area contributed by atoms with Gasteiger partial charge in [-0.1, -0.05) is 12.1 Å². The lowest BCUT2D eigenvalue weighted by molar-refractivity contribution is -0.122. The zero-order valence-corrected chi connectivity index (χ0v) is 15.4. The van der Waals surface area contributed by atoms with Crippen LogP contribution in [0.4, 0.5) is 0 Å². The van der Waals surface area contributed by atoms with Gasteiger partial charge < -0.3 is 14.8 Å². The van der Waals surface area contributed by atoms with E-state index in [0.29, 0.717) is 18.0 Å². The van der Waals surface area contributed by atoms with Gasteiger partial charge >= 0.3 is 0 Å². The molecule has 0 radical (unpaired) electrons. The summed E-state index contributed by atoms with van der Waals surface area (Å²) in [6.07, 6.45) is 0. The number of hydrogen-bond acceptors (Lipinski definition) is 5. The van der Waals surface area contributed by atoms with Gasteiger partial charge in [0.25, 0.3) is 0 Å². The molecule has 0 aliphatic rings. The highest BCUT2D eigenvalue weighted by Crippen LogP contribution is 2.29. The number of hydrogen-bond donors (Lipinski definition) is 1. The maximum absolute atomic E-state index is 12.2. The van der Waals surface area contributed by atoms with Crippen LogP contribution < -0.4 is 14.8 Å². The summed E-state index contributed by atoms with van der Waals surface area (Å²) in [6.45, 7) is 3.09. The molecular weight excluding hydrogens is 324 g/mol. The van der Waals surface area contributed by atoms with Crippen LogP contribution in [0.25, 0.3) is 0 Å². The molecular formula is C18H24N2O3S. The van der Waals surface area contributed by atoms with Crippen molar-refractivity contribution in [2.24, 2.45) is 0 Å². The highest BCUT2D eigenvalue weighted by molar-refractivity contribution is 7.09. The van der Waals surface area contributed by atoms with E-state index >= 15 is 0 Å². The van der Waals surface area contributed by atoms with E-state index in [2.05, 4.69) is 11.4 Å². The Hall–Kier alpha value is -2.05. The first kappa shape index (κ1) is 18.3. The summed E-state index contributed by atoms with van der Waals surface area (Å²) in [5, 5.41) is 5.07. The topological polar surface area (TPSA) is 50.8 Å². The third kappa shape index (κ3) is 4.97. The molecule has 24 heavy (non-hydrogen) atoms. The molecule has 0 aliphatic carbocycles. The van der Waals surface area contributed by atoms with Crippen molar-refractivity contribution in [2.45, 2.75) is 19.5 Å². The van der Waals surface area contributed by atoms with Gasteiger partial charge in [-0.05, 0) is 43.1 Å². The lowest BCUT2D eigenvalue weighted by Crippen LogP contribution is -2.36. The summed E-state index contributed by atoms with van der Waals surface area (Å²) in [7, 11) is 5.15. The van der Waals surface area contributed by atoms with Crippen LogP contribution >= 0.6 is 11.3 Å². The average molecular weight is 348 g/mol. The zero-order chi connectivity index (χ0) is 17.5. The van der Waals surface area contributed by atoms with E-state index in [1.807, 2.05) is 48.5 Å². The molecule has 130 valence electrons. The van der Waals surface area contributed by atoms with E-state index in [4.69, 9.17) is 9.47 Å². The van der Waals surface area contributed by atoms with Gasteiger partial charge in [-0.3, -0.25) is 9.69 Å². The number of ether oxygens (including phenoxy) is 2. The van der Waals surface area contributed by atoms with E-state index in [9.17, 15) is 4.79 Å². The molecule has 1 N–H and O–H groups in total. The first-order chi connectivity index (χ1) is 11.5. The summed E-state index contributed by atoms with van der Waals surface area (Å²) >= 11 is 1.70. The Labute approximate surface area is 147 Å². The number of nitrogens with one attached hydrogen (secondary N) is 1. The van der Waals surface area contributed by atoms with E-state index in [1.54, 1.807) is 25.6 Å². The summed E-state index contributed by atoms with van der Waals surface area (Å²) in [5.74, 6) is 1.33. The predicted molar refractivity (Wildman–Crippen MR) is 96.8 cm³/mol. The van der Waals surface area contributed by atoms with Crippen LogP contribution in [0.15, 0.2) is 35.7 Å². The molecule has 2 rings (SSSR count). The molecule has 0 spiro atoms. The molecule has 1 aromatic heterocycles. The van der Waals surface area contributed by atoms with Crippen molar-refractivity contribution in [1.82, 2.24) is 10.2 Å². The largest absolute Gasteiger partial charge is 0.493 e. The molecule has 1 atom stereocenters.